The van der Waals surface area contributed by atoms with Crippen LogP contribution < -0.4 is 10.6 Å². The molecule has 0 radical (unpaired) electrons. The van der Waals surface area contributed by atoms with Crippen molar-refractivity contribution >= 4 is 17.8 Å². The van der Waals surface area contributed by atoms with Crippen molar-refractivity contribution in [1.29, 1.82) is 0 Å². The first kappa shape index (κ1) is 20.7. The predicted molar refractivity (Wildman–Crippen MR) is 102 cm³/mol. The maximum atomic E-state index is 12.9. The van der Waals surface area contributed by atoms with Crippen molar-refractivity contribution < 1.29 is 14.4 Å². The van der Waals surface area contributed by atoms with Crippen LogP contribution in [0.5, 0.6) is 0 Å². The van der Waals surface area contributed by atoms with Gasteiger partial charge in [-0.15, -0.1) is 0 Å². The summed E-state index contributed by atoms with van der Waals surface area (Å²) >= 11 is 0. The number of amides is 4. The minimum absolute atomic E-state index is 0.178. The predicted octanol–water partition coefficient (Wildman–Crippen LogP) is 3.21. The molecular formula is C20H35N3O3. The Morgan fingerprint density at radius 2 is 1.85 bits per heavy atom. The summed E-state index contributed by atoms with van der Waals surface area (Å²) in [6, 6.07) is -0.426. The largest absolute Gasteiger partial charge is 0.355 e. The molecule has 1 saturated carbocycles. The van der Waals surface area contributed by atoms with Crippen molar-refractivity contribution in [2.75, 3.05) is 13.1 Å². The van der Waals surface area contributed by atoms with Crippen molar-refractivity contribution in [1.82, 2.24) is 15.5 Å². The lowest BCUT2D eigenvalue weighted by molar-refractivity contribution is -0.136. The molecule has 1 aliphatic heterocycles. The Morgan fingerprint density at radius 3 is 2.42 bits per heavy atom. The van der Waals surface area contributed by atoms with Crippen molar-refractivity contribution in [2.45, 2.75) is 84.6 Å². The molecule has 0 unspecified atom stereocenters. The Kier molecular flexibility index (Phi) is 6.69. The molecule has 0 aromatic heterocycles. The Labute approximate surface area is 157 Å². The lowest BCUT2D eigenvalue weighted by atomic mass is 9.67. The molecule has 6 heteroatoms. The highest BCUT2D eigenvalue weighted by atomic mass is 16.2. The quantitative estimate of drug-likeness (QED) is 0.537. The standard InChI is InChI=1S/C20H35N3O3/c1-5-6-7-8-13-21-16(24)14-23-17(25)20(22-18(23)26)11-9-15(10-12-20)19(2,3)4/h15H,5-14H2,1-4H3,(H,21,24)(H,22,26). The monoisotopic (exact) mass is 365 g/mol. The highest BCUT2D eigenvalue weighted by Gasteiger charge is 2.53. The van der Waals surface area contributed by atoms with Gasteiger partial charge < -0.3 is 10.6 Å². The summed E-state index contributed by atoms with van der Waals surface area (Å²) in [7, 11) is 0. The number of hydrogen-bond donors (Lipinski definition) is 2. The van der Waals surface area contributed by atoms with Crippen molar-refractivity contribution in [3.63, 3.8) is 0 Å². The van der Waals surface area contributed by atoms with Gasteiger partial charge in [-0.25, -0.2) is 4.79 Å². The minimum atomic E-state index is -0.791. The zero-order valence-corrected chi connectivity index (χ0v) is 16.8. The Bertz CT molecular complexity index is 531. The molecule has 2 aliphatic rings. The van der Waals surface area contributed by atoms with Crippen LogP contribution >= 0.6 is 0 Å². The Morgan fingerprint density at radius 1 is 1.19 bits per heavy atom. The SMILES string of the molecule is CCCCCCNC(=O)CN1C(=O)NC2(CCC(C(C)(C)C)CC2)C1=O. The van der Waals surface area contributed by atoms with Crippen LogP contribution in [0, 0.1) is 11.3 Å². The third-order valence-electron chi connectivity index (χ3n) is 5.96. The van der Waals surface area contributed by atoms with Gasteiger partial charge in [0.25, 0.3) is 5.91 Å². The molecule has 4 amide bonds. The molecule has 1 saturated heterocycles. The van der Waals surface area contributed by atoms with E-state index in [-0.39, 0.29) is 23.8 Å². The van der Waals surface area contributed by atoms with E-state index in [2.05, 4.69) is 38.3 Å². The highest BCUT2D eigenvalue weighted by Crippen LogP contribution is 2.43. The number of nitrogens with zero attached hydrogens (tertiary/aromatic N) is 1. The number of unbranched alkanes of at least 4 members (excludes halogenated alkanes) is 3. The van der Waals surface area contributed by atoms with E-state index in [1.165, 1.54) is 0 Å². The first-order chi connectivity index (χ1) is 12.2. The van der Waals surface area contributed by atoms with E-state index in [1.54, 1.807) is 0 Å². The van der Waals surface area contributed by atoms with Gasteiger partial charge >= 0.3 is 6.03 Å². The third kappa shape index (κ3) is 4.77. The van der Waals surface area contributed by atoms with Crippen LogP contribution in [0.15, 0.2) is 0 Å². The van der Waals surface area contributed by atoms with Gasteiger partial charge in [0.2, 0.25) is 5.91 Å². The van der Waals surface area contributed by atoms with Crippen molar-refractivity contribution in [2.24, 2.45) is 11.3 Å². The number of nitrogens with one attached hydrogen (secondary N) is 2. The van der Waals surface area contributed by atoms with E-state index >= 15 is 0 Å². The average Bonchev–Trinajstić information content (AvgIpc) is 2.78. The van der Waals surface area contributed by atoms with E-state index in [0.29, 0.717) is 25.3 Å². The molecular weight excluding hydrogens is 330 g/mol. The highest BCUT2D eigenvalue weighted by molar-refractivity contribution is 6.09. The summed E-state index contributed by atoms with van der Waals surface area (Å²) in [6.07, 6.45) is 7.48. The molecule has 1 aliphatic carbocycles. The van der Waals surface area contributed by atoms with E-state index in [0.717, 1.165) is 43.4 Å². The smallest absolute Gasteiger partial charge is 0.325 e. The van der Waals surface area contributed by atoms with Gasteiger partial charge in [-0.1, -0.05) is 47.0 Å². The van der Waals surface area contributed by atoms with Crippen LogP contribution in [0.25, 0.3) is 0 Å². The first-order valence-corrected chi connectivity index (χ1v) is 10.1. The van der Waals surface area contributed by atoms with Gasteiger partial charge in [0, 0.05) is 6.54 Å². The summed E-state index contributed by atoms with van der Waals surface area (Å²) in [4.78, 5) is 38.4. The molecule has 148 valence electrons. The van der Waals surface area contributed by atoms with Crippen LogP contribution in [0.2, 0.25) is 0 Å². The summed E-state index contributed by atoms with van der Waals surface area (Å²) in [5.41, 5.74) is -0.579. The molecule has 26 heavy (non-hydrogen) atoms. The van der Waals surface area contributed by atoms with Crippen LogP contribution in [-0.2, 0) is 9.59 Å². The van der Waals surface area contributed by atoms with Gasteiger partial charge in [-0.3, -0.25) is 14.5 Å². The van der Waals surface area contributed by atoms with Gasteiger partial charge in [0.05, 0.1) is 0 Å². The van der Waals surface area contributed by atoms with Crippen molar-refractivity contribution in [3.05, 3.63) is 0 Å². The van der Waals surface area contributed by atoms with Gasteiger partial charge in [0.15, 0.2) is 0 Å². The molecule has 0 atom stereocenters. The second kappa shape index (κ2) is 8.40. The average molecular weight is 366 g/mol. The fourth-order valence-electron chi connectivity index (χ4n) is 4.11. The van der Waals surface area contributed by atoms with Crippen LogP contribution in [0.1, 0.15) is 79.1 Å². The Balaban J connectivity index is 1.86. The lowest BCUT2D eigenvalue weighted by Crippen LogP contribution is -2.51. The zero-order valence-electron chi connectivity index (χ0n) is 16.8. The molecule has 1 spiro atoms. The molecule has 2 fully saturated rings. The second-order valence-electron chi connectivity index (χ2n) is 8.95. The van der Waals surface area contributed by atoms with Gasteiger partial charge in [-0.05, 0) is 43.4 Å². The zero-order chi connectivity index (χ0) is 19.4. The maximum absolute atomic E-state index is 12.9. The molecule has 0 aromatic carbocycles. The van der Waals surface area contributed by atoms with Crippen LogP contribution in [0.3, 0.4) is 0 Å². The van der Waals surface area contributed by atoms with E-state index in [9.17, 15) is 14.4 Å². The van der Waals surface area contributed by atoms with E-state index in [4.69, 9.17) is 0 Å². The van der Waals surface area contributed by atoms with Gasteiger partial charge in [0.1, 0.15) is 12.1 Å². The summed E-state index contributed by atoms with van der Waals surface area (Å²) in [6.45, 7) is 9.23. The van der Waals surface area contributed by atoms with Gasteiger partial charge in [-0.2, -0.15) is 0 Å². The molecule has 0 bridgehead atoms. The number of imide groups is 1. The van der Waals surface area contributed by atoms with Crippen LogP contribution in [0.4, 0.5) is 4.79 Å². The first-order valence-electron chi connectivity index (χ1n) is 10.1. The molecule has 6 nitrogen and oxygen atoms in total. The number of urea groups is 1. The molecule has 2 rings (SSSR count). The topological polar surface area (TPSA) is 78.5 Å². The lowest BCUT2D eigenvalue weighted by Gasteiger charge is -2.40. The fraction of sp³-hybridized carbons (Fsp3) is 0.850. The molecule has 0 aromatic rings. The number of hydrogen-bond acceptors (Lipinski definition) is 3. The molecule has 2 N–H and O–H groups in total. The van der Waals surface area contributed by atoms with E-state index < -0.39 is 11.6 Å². The van der Waals surface area contributed by atoms with Crippen molar-refractivity contribution in [3.8, 4) is 0 Å². The fourth-order valence-corrected chi connectivity index (χ4v) is 4.11. The Hall–Kier alpha value is -1.59. The maximum Gasteiger partial charge on any atom is 0.325 e. The third-order valence-corrected chi connectivity index (χ3v) is 5.96. The minimum Gasteiger partial charge on any atom is -0.355 e. The molecule has 1 heterocycles. The van der Waals surface area contributed by atoms with Crippen LogP contribution in [-0.4, -0.2) is 41.4 Å². The summed E-state index contributed by atoms with van der Waals surface area (Å²) < 4.78 is 0. The summed E-state index contributed by atoms with van der Waals surface area (Å²) in [5.74, 6) is 0.0692. The number of carbonyl (C=O) groups is 3. The normalized spacial score (nSPS) is 26.3. The second-order valence-corrected chi connectivity index (χ2v) is 8.95. The number of carbonyl (C=O) groups excluding carboxylic acids is 3. The summed E-state index contributed by atoms with van der Waals surface area (Å²) in [5, 5.41) is 5.70. The van der Waals surface area contributed by atoms with E-state index in [1.807, 2.05) is 0 Å². The number of rotatable bonds is 7.